The zero-order chi connectivity index (χ0) is 12.3. The molecule has 0 saturated heterocycles. The molecular formula is C10H9N3O3S. The Balaban J connectivity index is 2.29. The SMILES string of the molecule is Cc1ccc(S(=O)(=O)Oc2ncncn2)cc1. The summed E-state index contributed by atoms with van der Waals surface area (Å²) in [5.74, 6) is 0. The number of rotatable bonds is 3. The van der Waals surface area contributed by atoms with E-state index in [1.165, 1.54) is 12.1 Å². The summed E-state index contributed by atoms with van der Waals surface area (Å²) in [5.41, 5.74) is 0.962. The Bertz CT molecular complexity index is 596. The molecule has 0 fully saturated rings. The fourth-order valence-corrected chi connectivity index (χ4v) is 1.97. The second-order valence-corrected chi connectivity index (χ2v) is 4.82. The zero-order valence-electron chi connectivity index (χ0n) is 8.94. The van der Waals surface area contributed by atoms with Gasteiger partial charge in [-0.1, -0.05) is 17.7 Å². The maximum Gasteiger partial charge on any atom is 0.341 e. The van der Waals surface area contributed by atoms with Crippen molar-refractivity contribution >= 4 is 10.1 Å². The predicted molar refractivity (Wildman–Crippen MR) is 58.8 cm³/mol. The molecule has 1 aromatic heterocycles. The van der Waals surface area contributed by atoms with Crippen molar-refractivity contribution in [2.24, 2.45) is 0 Å². The molecule has 0 spiro atoms. The summed E-state index contributed by atoms with van der Waals surface area (Å²) in [6.45, 7) is 1.86. The van der Waals surface area contributed by atoms with Crippen LogP contribution >= 0.6 is 0 Å². The Morgan fingerprint density at radius 1 is 1.06 bits per heavy atom. The fourth-order valence-electron chi connectivity index (χ4n) is 1.12. The van der Waals surface area contributed by atoms with E-state index >= 15 is 0 Å². The van der Waals surface area contributed by atoms with Gasteiger partial charge < -0.3 is 4.18 Å². The van der Waals surface area contributed by atoms with E-state index in [-0.39, 0.29) is 10.9 Å². The molecule has 1 heterocycles. The second kappa shape index (κ2) is 4.46. The monoisotopic (exact) mass is 251 g/mol. The topological polar surface area (TPSA) is 82.0 Å². The van der Waals surface area contributed by atoms with Crippen LogP contribution in [-0.2, 0) is 10.1 Å². The minimum atomic E-state index is -3.88. The first-order valence-corrected chi connectivity index (χ1v) is 6.12. The molecule has 0 bridgehead atoms. The van der Waals surface area contributed by atoms with Crippen molar-refractivity contribution in [3.05, 3.63) is 42.5 Å². The maximum absolute atomic E-state index is 11.8. The van der Waals surface area contributed by atoms with Crippen LogP contribution in [0.1, 0.15) is 5.56 Å². The van der Waals surface area contributed by atoms with Gasteiger partial charge in [-0.05, 0) is 19.1 Å². The first-order valence-electron chi connectivity index (χ1n) is 4.71. The summed E-state index contributed by atoms with van der Waals surface area (Å²) in [7, 11) is -3.88. The number of hydrogen-bond acceptors (Lipinski definition) is 6. The van der Waals surface area contributed by atoms with Crippen molar-refractivity contribution in [1.82, 2.24) is 15.0 Å². The largest absolute Gasteiger partial charge is 0.341 e. The van der Waals surface area contributed by atoms with Crippen molar-refractivity contribution in [2.75, 3.05) is 0 Å². The molecular weight excluding hydrogens is 242 g/mol. The molecule has 0 atom stereocenters. The van der Waals surface area contributed by atoms with Gasteiger partial charge in [0.2, 0.25) is 0 Å². The first kappa shape index (κ1) is 11.5. The van der Waals surface area contributed by atoms with Crippen LogP contribution in [0.4, 0.5) is 0 Å². The Labute approximate surface area is 98.5 Å². The smallest absolute Gasteiger partial charge is 0.339 e. The van der Waals surface area contributed by atoms with E-state index in [2.05, 4.69) is 15.0 Å². The standard InChI is InChI=1S/C10H9N3O3S/c1-8-2-4-9(5-3-8)17(14,15)16-10-12-6-11-7-13-10/h2-7H,1H3. The Morgan fingerprint density at radius 2 is 1.65 bits per heavy atom. The van der Waals surface area contributed by atoms with Crippen LogP contribution in [0.15, 0.2) is 41.8 Å². The lowest BCUT2D eigenvalue weighted by atomic mass is 10.2. The van der Waals surface area contributed by atoms with Gasteiger partial charge in [-0.15, -0.1) is 0 Å². The molecule has 0 radical (unpaired) electrons. The van der Waals surface area contributed by atoms with Gasteiger partial charge in [-0.25, -0.2) is 4.98 Å². The lowest BCUT2D eigenvalue weighted by molar-refractivity contribution is 0.462. The summed E-state index contributed by atoms with van der Waals surface area (Å²) < 4.78 is 28.3. The minimum absolute atomic E-state index is 0.0588. The molecule has 17 heavy (non-hydrogen) atoms. The van der Waals surface area contributed by atoms with Crippen LogP contribution in [0, 0.1) is 6.92 Å². The van der Waals surface area contributed by atoms with E-state index in [0.29, 0.717) is 0 Å². The molecule has 0 N–H and O–H groups in total. The third kappa shape index (κ3) is 2.76. The summed E-state index contributed by atoms with van der Waals surface area (Å²) >= 11 is 0. The van der Waals surface area contributed by atoms with Crippen LogP contribution in [0.3, 0.4) is 0 Å². The highest BCUT2D eigenvalue weighted by Gasteiger charge is 2.17. The molecule has 2 rings (SSSR count). The lowest BCUT2D eigenvalue weighted by Gasteiger charge is -2.04. The molecule has 2 aromatic rings. The van der Waals surface area contributed by atoms with Crippen molar-refractivity contribution < 1.29 is 12.6 Å². The van der Waals surface area contributed by atoms with Crippen LogP contribution in [-0.4, -0.2) is 23.4 Å². The number of aromatic nitrogens is 3. The molecule has 0 aliphatic rings. The van der Waals surface area contributed by atoms with E-state index in [9.17, 15) is 8.42 Å². The highest BCUT2D eigenvalue weighted by Crippen LogP contribution is 2.14. The molecule has 0 aliphatic heterocycles. The van der Waals surface area contributed by atoms with E-state index in [1.54, 1.807) is 12.1 Å². The molecule has 0 saturated carbocycles. The van der Waals surface area contributed by atoms with Crippen LogP contribution in [0.25, 0.3) is 0 Å². The number of benzene rings is 1. The molecule has 7 heteroatoms. The van der Waals surface area contributed by atoms with Crippen LogP contribution in [0.2, 0.25) is 0 Å². The van der Waals surface area contributed by atoms with Gasteiger partial charge in [-0.2, -0.15) is 18.4 Å². The maximum atomic E-state index is 11.8. The fraction of sp³-hybridized carbons (Fsp3) is 0.100. The molecule has 0 unspecified atom stereocenters. The summed E-state index contributed by atoms with van der Waals surface area (Å²) in [5, 5.41) is 0. The third-order valence-electron chi connectivity index (χ3n) is 1.96. The highest BCUT2D eigenvalue weighted by atomic mass is 32.2. The lowest BCUT2D eigenvalue weighted by Crippen LogP contribution is -2.11. The third-order valence-corrected chi connectivity index (χ3v) is 3.18. The van der Waals surface area contributed by atoms with Gasteiger partial charge in [-0.3, -0.25) is 0 Å². The predicted octanol–water partition coefficient (Wildman–Crippen LogP) is 0.948. The minimum Gasteiger partial charge on any atom is -0.339 e. The molecule has 0 aliphatic carbocycles. The zero-order valence-corrected chi connectivity index (χ0v) is 9.76. The van der Waals surface area contributed by atoms with Crippen molar-refractivity contribution in [2.45, 2.75) is 11.8 Å². The van der Waals surface area contributed by atoms with E-state index in [0.717, 1.165) is 18.2 Å². The average molecular weight is 251 g/mol. The van der Waals surface area contributed by atoms with Crippen LogP contribution < -0.4 is 4.18 Å². The average Bonchev–Trinajstić information content (AvgIpc) is 2.30. The summed E-state index contributed by atoms with van der Waals surface area (Å²) in [4.78, 5) is 10.8. The second-order valence-electron chi connectivity index (χ2n) is 3.27. The Hall–Kier alpha value is -2.02. The van der Waals surface area contributed by atoms with Gasteiger partial charge in [0.05, 0.1) is 0 Å². The molecule has 6 nitrogen and oxygen atoms in total. The number of hydrogen-bond donors (Lipinski definition) is 0. The van der Waals surface area contributed by atoms with Gasteiger partial charge in [0.15, 0.2) is 0 Å². The summed E-state index contributed by atoms with van der Waals surface area (Å²) in [6.07, 6.45) is 2.32. The van der Waals surface area contributed by atoms with E-state index in [1.807, 2.05) is 6.92 Å². The van der Waals surface area contributed by atoms with Gasteiger partial charge in [0.25, 0.3) is 0 Å². The quantitative estimate of drug-likeness (QED) is 0.755. The van der Waals surface area contributed by atoms with Gasteiger partial charge >= 0.3 is 16.1 Å². The Kier molecular flexibility index (Phi) is 3.01. The van der Waals surface area contributed by atoms with E-state index < -0.39 is 10.1 Å². The van der Waals surface area contributed by atoms with Gasteiger partial charge in [0.1, 0.15) is 17.6 Å². The normalized spacial score (nSPS) is 11.1. The highest BCUT2D eigenvalue weighted by molar-refractivity contribution is 7.87. The summed E-state index contributed by atoms with van der Waals surface area (Å²) in [6, 6.07) is 6.05. The number of aryl methyl sites for hydroxylation is 1. The molecule has 88 valence electrons. The number of nitrogens with zero attached hydrogens (tertiary/aromatic N) is 3. The molecule has 0 amide bonds. The first-order chi connectivity index (χ1) is 8.08. The van der Waals surface area contributed by atoms with Gasteiger partial charge in [0, 0.05) is 0 Å². The Morgan fingerprint density at radius 3 is 2.24 bits per heavy atom. The van der Waals surface area contributed by atoms with E-state index in [4.69, 9.17) is 4.18 Å². The molecule has 1 aromatic carbocycles. The van der Waals surface area contributed by atoms with Crippen molar-refractivity contribution in [3.63, 3.8) is 0 Å². The van der Waals surface area contributed by atoms with Crippen molar-refractivity contribution in [3.8, 4) is 6.01 Å². The van der Waals surface area contributed by atoms with Crippen molar-refractivity contribution in [1.29, 1.82) is 0 Å². The van der Waals surface area contributed by atoms with Crippen LogP contribution in [0.5, 0.6) is 6.01 Å².